The Bertz CT molecular complexity index is 560. The molecule has 1 aromatic carbocycles. The second-order valence-corrected chi connectivity index (χ2v) is 7.37. The molecule has 1 saturated carbocycles. The van der Waals surface area contributed by atoms with Crippen LogP contribution in [0.1, 0.15) is 31.2 Å². The van der Waals surface area contributed by atoms with Crippen molar-refractivity contribution in [3.05, 3.63) is 29.8 Å². The summed E-state index contributed by atoms with van der Waals surface area (Å²) >= 11 is 0. The minimum atomic E-state index is -3.36. The number of rotatable bonds is 6. The number of ether oxygens (including phenoxy) is 1. The van der Waals surface area contributed by atoms with Gasteiger partial charge in [-0.25, -0.2) is 13.1 Å². The van der Waals surface area contributed by atoms with Crippen LogP contribution in [0.25, 0.3) is 0 Å². The summed E-state index contributed by atoms with van der Waals surface area (Å²) in [4.78, 5) is 0. The molecule has 2 atom stereocenters. The minimum absolute atomic E-state index is 0.0284. The zero-order valence-corrected chi connectivity index (χ0v) is 13.2. The van der Waals surface area contributed by atoms with Gasteiger partial charge in [0.2, 0.25) is 10.0 Å². The van der Waals surface area contributed by atoms with Gasteiger partial charge in [-0.15, -0.1) is 0 Å². The highest BCUT2D eigenvalue weighted by atomic mass is 32.2. The maximum atomic E-state index is 12.3. The monoisotopic (exact) mass is 312 g/mol. The quantitative estimate of drug-likeness (QED) is 0.836. The Kier molecular flexibility index (Phi) is 5.61. The predicted molar refractivity (Wildman–Crippen MR) is 83.6 cm³/mol. The molecule has 1 aliphatic carbocycles. The van der Waals surface area contributed by atoms with E-state index in [4.69, 9.17) is 10.5 Å². The average molecular weight is 312 g/mol. The highest BCUT2D eigenvalue weighted by Crippen LogP contribution is 2.24. The van der Waals surface area contributed by atoms with Crippen molar-refractivity contribution in [2.24, 2.45) is 11.7 Å². The summed E-state index contributed by atoms with van der Waals surface area (Å²) in [6.07, 6.45) is 4.07. The Balaban J connectivity index is 2.03. The molecular formula is C15H24N2O3S. The van der Waals surface area contributed by atoms with E-state index in [1.165, 1.54) is 0 Å². The molecule has 0 radical (unpaired) electrons. The summed E-state index contributed by atoms with van der Waals surface area (Å²) in [7, 11) is -1.79. The van der Waals surface area contributed by atoms with Crippen molar-refractivity contribution in [3.63, 3.8) is 0 Å². The first kappa shape index (κ1) is 16.3. The number of sulfonamides is 1. The minimum Gasteiger partial charge on any atom is -0.497 e. The predicted octanol–water partition coefficient (Wildman–Crippen LogP) is 1.63. The number of methoxy groups -OCH3 is 1. The molecule has 1 aliphatic rings. The van der Waals surface area contributed by atoms with Crippen LogP contribution in [0, 0.1) is 5.92 Å². The number of nitrogens with two attached hydrogens (primary N) is 1. The van der Waals surface area contributed by atoms with Gasteiger partial charge in [0.05, 0.1) is 12.9 Å². The molecule has 0 aromatic heterocycles. The topological polar surface area (TPSA) is 81.4 Å². The molecule has 118 valence electrons. The van der Waals surface area contributed by atoms with Crippen molar-refractivity contribution in [2.75, 3.05) is 13.7 Å². The fraction of sp³-hybridized carbons (Fsp3) is 0.600. The molecule has 0 aliphatic heterocycles. The van der Waals surface area contributed by atoms with Crippen molar-refractivity contribution in [3.8, 4) is 5.75 Å². The second-order valence-electron chi connectivity index (χ2n) is 5.62. The van der Waals surface area contributed by atoms with Gasteiger partial charge < -0.3 is 10.5 Å². The Morgan fingerprint density at radius 1 is 1.33 bits per heavy atom. The number of hydrogen-bond acceptors (Lipinski definition) is 4. The van der Waals surface area contributed by atoms with Crippen LogP contribution in [0.2, 0.25) is 0 Å². The van der Waals surface area contributed by atoms with E-state index in [0.29, 0.717) is 12.3 Å². The van der Waals surface area contributed by atoms with E-state index in [-0.39, 0.29) is 17.7 Å². The van der Waals surface area contributed by atoms with Crippen molar-refractivity contribution in [2.45, 2.75) is 37.5 Å². The fourth-order valence-electron chi connectivity index (χ4n) is 2.90. The van der Waals surface area contributed by atoms with Gasteiger partial charge >= 0.3 is 0 Å². The summed E-state index contributed by atoms with van der Waals surface area (Å²) in [6.45, 7) is 0.534. The first-order chi connectivity index (χ1) is 10.0. The van der Waals surface area contributed by atoms with Gasteiger partial charge in [-0.2, -0.15) is 0 Å². The van der Waals surface area contributed by atoms with Gasteiger partial charge in [-0.3, -0.25) is 0 Å². The molecule has 0 spiro atoms. The fourth-order valence-corrected chi connectivity index (χ4v) is 4.37. The Labute approximate surface area is 126 Å². The number of hydrogen-bond donors (Lipinski definition) is 2. The van der Waals surface area contributed by atoms with Crippen LogP contribution in [0.15, 0.2) is 24.3 Å². The highest BCUT2D eigenvalue weighted by Gasteiger charge is 2.27. The molecule has 0 amide bonds. The summed E-state index contributed by atoms with van der Waals surface area (Å²) in [5, 5.41) is 0. The molecule has 0 bridgehead atoms. The van der Waals surface area contributed by atoms with E-state index < -0.39 is 10.0 Å². The first-order valence-electron chi connectivity index (χ1n) is 7.37. The highest BCUT2D eigenvalue weighted by molar-refractivity contribution is 7.88. The van der Waals surface area contributed by atoms with Gasteiger partial charge in [-0.1, -0.05) is 25.0 Å². The SMILES string of the molecule is COc1cccc(CS(=O)(=O)N[C@H]2CCCC[C@H]2CN)c1. The smallest absolute Gasteiger partial charge is 0.216 e. The van der Waals surface area contributed by atoms with Crippen LogP contribution in [0.3, 0.4) is 0 Å². The molecule has 2 rings (SSSR count). The molecule has 0 heterocycles. The van der Waals surface area contributed by atoms with Crippen LogP contribution in [-0.2, 0) is 15.8 Å². The van der Waals surface area contributed by atoms with E-state index in [9.17, 15) is 8.42 Å². The second kappa shape index (κ2) is 7.24. The Morgan fingerprint density at radius 3 is 2.81 bits per heavy atom. The van der Waals surface area contributed by atoms with Crippen LogP contribution in [0.5, 0.6) is 5.75 Å². The van der Waals surface area contributed by atoms with Gasteiger partial charge in [0, 0.05) is 6.04 Å². The molecule has 21 heavy (non-hydrogen) atoms. The van der Waals surface area contributed by atoms with Crippen LogP contribution in [0.4, 0.5) is 0 Å². The normalized spacial score (nSPS) is 23.0. The lowest BCUT2D eigenvalue weighted by atomic mass is 9.85. The standard InChI is InChI=1S/C15H24N2O3S/c1-20-14-7-4-5-12(9-14)11-21(18,19)17-15-8-3-2-6-13(15)10-16/h4-5,7,9,13,15,17H,2-3,6,8,10-11,16H2,1H3/t13-,15-/m0/s1. The molecule has 0 saturated heterocycles. The first-order valence-corrected chi connectivity index (χ1v) is 9.02. The van der Waals surface area contributed by atoms with Gasteiger partial charge in [-0.05, 0) is 43.0 Å². The van der Waals surface area contributed by atoms with E-state index in [0.717, 1.165) is 31.2 Å². The van der Waals surface area contributed by atoms with Crippen LogP contribution < -0.4 is 15.2 Å². The van der Waals surface area contributed by atoms with Gasteiger partial charge in [0.15, 0.2) is 0 Å². The molecule has 6 heteroatoms. The molecule has 5 nitrogen and oxygen atoms in total. The lowest BCUT2D eigenvalue weighted by Gasteiger charge is -2.31. The third-order valence-corrected chi connectivity index (χ3v) is 5.41. The van der Waals surface area contributed by atoms with Crippen LogP contribution in [-0.4, -0.2) is 28.1 Å². The molecular weight excluding hydrogens is 288 g/mol. The van der Waals surface area contributed by atoms with Crippen molar-refractivity contribution in [1.29, 1.82) is 0 Å². The molecule has 1 aromatic rings. The molecule has 1 fully saturated rings. The zero-order chi connectivity index (χ0) is 15.3. The number of benzene rings is 1. The van der Waals surface area contributed by atoms with Crippen LogP contribution >= 0.6 is 0 Å². The zero-order valence-electron chi connectivity index (χ0n) is 12.4. The summed E-state index contributed by atoms with van der Waals surface area (Å²) in [5.41, 5.74) is 6.48. The van der Waals surface area contributed by atoms with E-state index >= 15 is 0 Å². The molecule has 3 N–H and O–H groups in total. The lowest BCUT2D eigenvalue weighted by Crippen LogP contribution is -2.45. The summed E-state index contributed by atoms with van der Waals surface area (Å²) < 4.78 is 32.6. The maximum absolute atomic E-state index is 12.3. The van der Waals surface area contributed by atoms with E-state index in [1.54, 1.807) is 31.4 Å². The van der Waals surface area contributed by atoms with Crippen molar-refractivity contribution in [1.82, 2.24) is 4.72 Å². The van der Waals surface area contributed by atoms with Gasteiger partial charge in [0.1, 0.15) is 5.75 Å². The van der Waals surface area contributed by atoms with E-state index in [1.807, 2.05) is 0 Å². The van der Waals surface area contributed by atoms with E-state index in [2.05, 4.69) is 4.72 Å². The average Bonchev–Trinajstić information content (AvgIpc) is 2.47. The van der Waals surface area contributed by atoms with Crippen molar-refractivity contribution >= 4 is 10.0 Å². The summed E-state index contributed by atoms with van der Waals surface area (Å²) in [5.74, 6) is 0.886. The number of nitrogens with one attached hydrogen (secondary N) is 1. The third-order valence-electron chi connectivity index (χ3n) is 4.03. The Morgan fingerprint density at radius 2 is 2.10 bits per heavy atom. The van der Waals surface area contributed by atoms with Crippen molar-refractivity contribution < 1.29 is 13.2 Å². The third kappa shape index (κ3) is 4.69. The Hall–Kier alpha value is -1.11. The lowest BCUT2D eigenvalue weighted by molar-refractivity contribution is 0.296. The molecule has 0 unspecified atom stereocenters. The largest absolute Gasteiger partial charge is 0.497 e. The summed E-state index contributed by atoms with van der Waals surface area (Å²) in [6, 6.07) is 7.12. The maximum Gasteiger partial charge on any atom is 0.216 e. The van der Waals surface area contributed by atoms with Gasteiger partial charge in [0.25, 0.3) is 0 Å².